The second kappa shape index (κ2) is 8.07. The lowest BCUT2D eigenvalue weighted by molar-refractivity contribution is -0.128. The van der Waals surface area contributed by atoms with Crippen LogP contribution < -0.4 is 0 Å². The smallest absolute Gasteiger partial charge is 0.192 e. The molecule has 0 rings (SSSR count). The van der Waals surface area contributed by atoms with Crippen molar-refractivity contribution >= 4 is 14.1 Å². The maximum atomic E-state index is 11.9. The van der Waals surface area contributed by atoms with Gasteiger partial charge in [0.15, 0.2) is 8.32 Å². The van der Waals surface area contributed by atoms with Gasteiger partial charge in [0.1, 0.15) is 5.78 Å². The van der Waals surface area contributed by atoms with E-state index in [0.717, 1.165) is 0 Å². The van der Waals surface area contributed by atoms with E-state index in [1.54, 1.807) is 0 Å². The van der Waals surface area contributed by atoms with E-state index in [4.69, 9.17) is 4.43 Å². The van der Waals surface area contributed by atoms with Gasteiger partial charge in [0.05, 0.1) is 12.2 Å². The molecule has 0 aliphatic rings. The standard InChI is InChI=1S/C18H38O3Si/c1-11-15(19)13(4)16(20)14(5)17(12(2)3)21-22(9,10)18(6,7)8/h12-14,16-17,20H,11H2,1-10H3/t13-,14+,16+,17+/m0/s1. The second-order valence-electron chi connectivity index (χ2n) is 8.55. The summed E-state index contributed by atoms with van der Waals surface area (Å²) in [6.07, 6.45) is -0.201. The summed E-state index contributed by atoms with van der Waals surface area (Å²) in [5.41, 5.74) is 0. The van der Waals surface area contributed by atoms with Crippen molar-refractivity contribution in [2.24, 2.45) is 17.8 Å². The molecule has 0 aromatic heterocycles. The van der Waals surface area contributed by atoms with Crippen LogP contribution in [-0.4, -0.2) is 31.4 Å². The highest BCUT2D eigenvalue weighted by molar-refractivity contribution is 6.74. The zero-order valence-electron chi connectivity index (χ0n) is 16.4. The van der Waals surface area contributed by atoms with Gasteiger partial charge in [0, 0.05) is 18.3 Å². The zero-order valence-corrected chi connectivity index (χ0v) is 17.4. The number of hydrogen-bond donors (Lipinski definition) is 1. The van der Waals surface area contributed by atoms with Crippen molar-refractivity contribution in [1.29, 1.82) is 0 Å². The molecular formula is C18H38O3Si. The van der Waals surface area contributed by atoms with Crippen molar-refractivity contribution in [3.63, 3.8) is 0 Å². The number of hydrogen-bond acceptors (Lipinski definition) is 3. The van der Waals surface area contributed by atoms with Gasteiger partial charge in [-0.15, -0.1) is 0 Å². The Balaban J connectivity index is 5.22. The summed E-state index contributed by atoms with van der Waals surface area (Å²) < 4.78 is 6.58. The predicted molar refractivity (Wildman–Crippen MR) is 96.5 cm³/mol. The Labute approximate surface area is 139 Å². The van der Waals surface area contributed by atoms with Gasteiger partial charge in [0.2, 0.25) is 0 Å². The van der Waals surface area contributed by atoms with Crippen molar-refractivity contribution in [3.05, 3.63) is 0 Å². The van der Waals surface area contributed by atoms with Crippen LogP contribution >= 0.6 is 0 Å². The van der Waals surface area contributed by atoms with Gasteiger partial charge < -0.3 is 9.53 Å². The Morgan fingerprint density at radius 2 is 1.59 bits per heavy atom. The van der Waals surface area contributed by atoms with E-state index in [9.17, 15) is 9.90 Å². The molecule has 0 fully saturated rings. The molecule has 1 N–H and O–H groups in total. The van der Waals surface area contributed by atoms with Gasteiger partial charge in [-0.25, -0.2) is 0 Å². The third kappa shape index (κ3) is 5.46. The van der Waals surface area contributed by atoms with Gasteiger partial charge in [0.25, 0.3) is 0 Å². The number of aliphatic hydroxyl groups excluding tert-OH is 1. The Kier molecular flexibility index (Phi) is 8.00. The van der Waals surface area contributed by atoms with Crippen LogP contribution in [0.4, 0.5) is 0 Å². The fraction of sp³-hybridized carbons (Fsp3) is 0.944. The number of rotatable bonds is 8. The van der Waals surface area contributed by atoms with Crippen molar-refractivity contribution in [1.82, 2.24) is 0 Å². The maximum Gasteiger partial charge on any atom is 0.192 e. The summed E-state index contributed by atoms with van der Waals surface area (Å²) in [4.78, 5) is 11.9. The molecule has 0 aromatic rings. The van der Waals surface area contributed by atoms with Crippen molar-refractivity contribution in [3.8, 4) is 0 Å². The first kappa shape index (κ1) is 21.8. The number of carbonyl (C=O) groups excluding carboxylic acids is 1. The number of Topliss-reactive ketones (excluding diaryl/α,β-unsaturated/α-hetero) is 1. The Morgan fingerprint density at radius 3 is 1.91 bits per heavy atom. The second-order valence-corrected chi connectivity index (χ2v) is 13.3. The number of aliphatic hydroxyl groups is 1. The van der Waals surface area contributed by atoms with Crippen molar-refractivity contribution in [2.75, 3.05) is 0 Å². The summed E-state index contributed by atoms with van der Waals surface area (Å²) in [5.74, 6) is 0.0424. The van der Waals surface area contributed by atoms with E-state index < -0.39 is 14.4 Å². The first-order valence-corrected chi connectivity index (χ1v) is 11.6. The van der Waals surface area contributed by atoms with Crippen LogP contribution in [0.1, 0.15) is 61.8 Å². The van der Waals surface area contributed by atoms with E-state index in [0.29, 0.717) is 12.3 Å². The maximum absolute atomic E-state index is 11.9. The molecule has 0 saturated carbocycles. The molecule has 0 spiro atoms. The lowest BCUT2D eigenvalue weighted by Gasteiger charge is -2.43. The lowest BCUT2D eigenvalue weighted by atomic mass is 9.83. The molecule has 22 heavy (non-hydrogen) atoms. The van der Waals surface area contributed by atoms with Crippen molar-refractivity contribution < 1.29 is 14.3 Å². The normalized spacial score (nSPS) is 18.9. The van der Waals surface area contributed by atoms with E-state index in [2.05, 4.69) is 47.7 Å². The summed E-state index contributed by atoms with van der Waals surface area (Å²) in [5, 5.41) is 10.8. The molecule has 0 bridgehead atoms. The molecule has 4 heteroatoms. The SMILES string of the molecule is CCC(=O)[C@H](C)[C@@H](O)[C@@H](C)[C@H](O[Si](C)(C)C(C)(C)C)C(C)C. The third-order valence-electron chi connectivity index (χ3n) is 5.32. The summed E-state index contributed by atoms with van der Waals surface area (Å²) in [6, 6.07) is 0. The number of carbonyl (C=O) groups is 1. The first-order valence-electron chi connectivity index (χ1n) is 8.64. The first-order chi connectivity index (χ1) is 9.76. The Bertz CT molecular complexity index is 358. The molecule has 3 nitrogen and oxygen atoms in total. The Hall–Kier alpha value is -0.193. The van der Waals surface area contributed by atoms with Gasteiger partial charge in [-0.3, -0.25) is 4.79 Å². The highest BCUT2D eigenvalue weighted by Crippen LogP contribution is 2.39. The van der Waals surface area contributed by atoms with Gasteiger partial charge in [-0.05, 0) is 24.1 Å². The van der Waals surface area contributed by atoms with Crippen molar-refractivity contribution in [2.45, 2.75) is 92.2 Å². The molecule has 4 atom stereocenters. The van der Waals surface area contributed by atoms with E-state index in [-0.39, 0.29) is 28.8 Å². The summed E-state index contributed by atoms with van der Waals surface area (Å²) >= 11 is 0. The van der Waals surface area contributed by atoms with E-state index >= 15 is 0 Å². The molecule has 132 valence electrons. The summed E-state index contributed by atoms with van der Waals surface area (Å²) in [7, 11) is -1.91. The highest BCUT2D eigenvalue weighted by Gasteiger charge is 2.42. The molecule has 0 radical (unpaired) electrons. The molecule has 0 heterocycles. The summed E-state index contributed by atoms with van der Waals surface area (Å²) in [6.45, 7) is 21.1. The van der Waals surface area contributed by atoms with Crippen LogP contribution in [0.2, 0.25) is 18.1 Å². The highest BCUT2D eigenvalue weighted by atomic mass is 28.4. The number of ketones is 1. The predicted octanol–water partition coefficient (Wildman–Crippen LogP) is 4.65. The lowest BCUT2D eigenvalue weighted by Crippen LogP contribution is -2.50. The molecule has 0 aliphatic heterocycles. The Morgan fingerprint density at radius 1 is 1.14 bits per heavy atom. The topological polar surface area (TPSA) is 46.5 Å². The molecular weight excluding hydrogens is 292 g/mol. The van der Waals surface area contributed by atoms with Crippen LogP contribution in [0.5, 0.6) is 0 Å². The monoisotopic (exact) mass is 330 g/mol. The van der Waals surface area contributed by atoms with E-state index in [1.807, 2.05) is 20.8 Å². The fourth-order valence-electron chi connectivity index (χ4n) is 2.53. The van der Waals surface area contributed by atoms with Crippen LogP contribution in [-0.2, 0) is 9.22 Å². The van der Waals surface area contributed by atoms with Crippen LogP contribution in [0, 0.1) is 17.8 Å². The van der Waals surface area contributed by atoms with Gasteiger partial charge in [-0.1, -0.05) is 55.4 Å². The zero-order chi connectivity index (χ0) is 17.9. The third-order valence-corrected chi connectivity index (χ3v) is 9.79. The fourth-order valence-corrected chi connectivity index (χ4v) is 4.05. The largest absolute Gasteiger partial charge is 0.413 e. The van der Waals surface area contributed by atoms with Crippen LogP contribution in [0.3, 0.4) is 0 Å². The molecule has 0 aliphatic carbocycles. The average molecular weight is 331 g/mol. The quantitative estimate of drug-likeness (QED) is 0.659. The molecule has 0 aromatic carbocycles. The average Bonchev–Trinajstić information content (AvgIpc) is 2.39. The van der Waals surface area contributed by atoms with E-state index in [1.165, 1.54) is 0 Å². The van der Waals surface area contributed by atoms with Gasteiger partial charge >= 0.3 is 0 Å². The molecule has 0 saturated heterocycles. The minimum Gasteiger partial charge on any atom is -0.413 e. The molecule has 0 amide bonds. The minimum atomic E-state index is -1.91. The minimum absolute atomic E-state index is 0.0250. The molecule has 0 unspecified atom stereocenters. The van der Waals surface area contributed by atoms with Crippen LogP contribution in [0.15, 0.2) is 0 Å². The van der Waals surface area contributed by atoms with Crippen LogP contribution in [0.25, 0.3) is 0 Å². The van der Waals surface area contributed by atoms with Gasteiger partial charge in [-0.2, -0.15) is 0 Å².